The van der Waals surface area contributed by atoms with Crippen LogP contribution in [0.15, 0.2) is 36.4 Å². The van der Waals surface area contributed by atoms with Crippen LogP contribution in [0.25, 0.3) is 0 Å². The van der Waals surface area contributed by atoms with Gasteiger partial charge in [-0.25, -0.2) is 0 Å². The summed E-state index contributed by atoms with van der Waals surface area (Å²) in [6.07, 6.45) is 0. The zero-order valence-electron chi connectivity index (χ0n) is 17.0. The first-order valence-corrected chi connectivity index (χ1v) is 9.54. The van der Waals surface area contributed by atoms with E-state index < -0.39 is 5.91 Å². The highest BCUT2D eigenvalue weighted by Crippen LogP contribution is 2.28. The smallest absolute Gasteiger partial charge is 0.264 e. The molecule has 0 aliphatic heterocycles. The molecular weight excluding hydrogens is 374 g/mol. The molecule has 0 radical (unpaired) electrons. The van der Waals surface area contributed by atoms with Crippen LogP contribution in [0, 0.1) is 6.92 Å². The predicted octanol–water partition coefficient (Wildman–Crippen LogP) is 3.99. The van der Waals surface area contributed by atoms with Crippen molar-refractivity contribution >= 4 is 34.6 Å². The Labute approximate surface area is 171 Å². The topological polar surface area (TPSA) is 62.8 Å². The van der Waals surface area contributed by atoms with Crippen molar-refractivity contribution in [2.45, 2.75) is 20.8 Å². The molecule has 0 spiro atoms. The summed E-state index contributed by atoms with van der Waals surface area (Å²) in [5.74, 6) is 0.433. The average Bonchev–Trinajstić information content (AvgIpc) is 2.70. The molecule has 150 valence electrons. The first kappa shape index (κ1) is 21.5. The van der Waals surface area contributed by atoms with E-state index in [2.05, 4.69) is 35.4 Å². The third kappa shape index (κ3) is 4.92. The van der Waals surface area contributed by atoms with Crippen LogP contribution in [0.1, 0.15) is 29.8 Å². The molecule has 0 aliphatic rings. The highest BCUT2D eigenvalue weighted by molar-refractivity contribution is 7.80. The average molecular weight is 402 g/mol. The van der Waals surface area contributed by atoms with Gasteiger partial charge >= 0.3 is 0 Å². The lowest BCUT2D eigenvalue weighted by molar-refractivity contribution is 0.0971. The molecule has 0 saturated carbocycles. The summed E-state index contributed by atoms with van der Waals surface area (Å²) in [4.78, 5) is 15.0. The van der Waals surface area contributed by atoms with Crippen molar-refractivity contribution in [2.24, 2.45) is 0 Å². The lowest BCUT2D eigenvalue weighted by Crippen LogP contribution is -2.34. The normalized spacial score (nSPS) is 10.2. The van der Waals surface area contributed by atoms with Crippen LogP contribution in [-0.2, 0) is 0 Å². The maximum Gasteiger partial charge on any atom is 0.264 e. The molecular formula is C21H27N3O3S. The van der Waals surface area contributed by atoms with Gasteiger partial charge in [0, 0.05) is 24.5 Å². The molecule has 6 nitrogen and oxygen atoms in total. The predicted molar refractivity (Wildman–Crippen MR) is 118 cm³/mol. The van der Waals surface area contributed by atoms with E-state index in [-0.39, 0.29) is 5.11 Å². The number of carbonyl (C=O) groups is 1. The summed E-state index contributed by atoms with van der Waals surface area (Å²) in [6.45, 7) is 8.14. The third-order valence-corrected chi connectivity index (χ3v) is 4.67. The zero-order valence-corrected chi connectivity index (χ0v) is 17.8. The number of rotatable bonds is 7. The number of benzene rings is 2. The van der Waals surface area contributed by atoms with E-state index >= 15 is 0 Å². The molecule has 0 fully saturated rings. The largest absolute Gasteiger partial charge is 0.496 e. The maximum atomic E-state index is 12.7. The maximum absolute atomic E-state index is 12.7. The Morgan fingerprint density at radius 1 is 1.07 bits per heavy atom. The lowest BCUT2D eigenvalue weighted by atomic mass is 10.1. The van der Waals surface area contributed by atoms with E-state index in [4.69, 9.17) is 21.7 Å². The number of aryl methyl sites for hydroxylation is 1. The second kappa shape index (κ2) is 9.94. The fraction of sp³-hybridized carbons (Fsp3) is 0.333. The van der Waals surface area contributed by atoms with Crippen molar-refractivity contribution < 1.29 is 14.3 Å². The van der Waals surface area contributed by atoms with E-state index in [1.54, 1.807) is 18.2 Å². The summed E-state index contributed by atoms with van der Waals surface area (Å²) >= 11 is 5.33. The number of methoxy groups -OCH3 is 2. The number of hydrogen-bond donors (Lipinski definition) is 2. The fourth-order valence-corrected chi connectivity index (χ4v) is 3.17. The summed E-state index contributed by atoms with van der Waals surface area (Å²) in [5.41, 5.74) is 3.33. The molecule has 2 aromatic carbocycles. The second-order valence-electron chi connectivity index (χ2n) is 6.12. The molecule has 0 bridgehead atoms. The quantitative estimate of drug-likeness (QED) is 0.684. The first-order valence-electron chi connectivity index (χ1n) is 9.14. The Morgan fingerprint density at radius 3 is 2.18 bits per heavy atom. The van der Waals surface area contributed by atoms with Gasteiger partial charge < -0.3 is 19.7 Å². The van der Waals surface area contributed by atoms with Gasteiger partial charge in [-0.3, -0.25) is 10.1 Å². The van der Waals surface area contributed by atoms with Crippen LogP contribution in [0.2, 0.25) is 0 Å². The van der Waals surface area contributed by atoms with Crippen LogP contribution in [0.5, 0.6) is 11.5 Å². The number of anilines is 2. The highest BCUT2D eigenvalue weighted by atomic mass is 32.1. The molecule has 2 rings (SSSR count). The number of amides is 1. The van der Waals surface area contributed by atoms with Crippen LogP contribution in [-0.4, -0.2) is 38.3 Å². The third-order valence-electron chi connectivity index (χ3n) is 4.47. The van der Waals surface area contributed by atoms with E-state index in [1.807, 2.05) is 19.1 Å². The fourth-order valence-electron chi connectivity index (χ4n) is 2.97. The van der Waals surface area contributed by atoms with Gasteiger partial charge in [-0.2, -0.15) is 0 Å². The molecule has 0 saturated heterocycles. The van der Waals surface area contributed by atoms with Gasteiger partial charge in [-0.1, -0.05) is 6.07 Å². The van der Waals surface area contributed by atoms with Crippen LogP contribution >= 0.6 is 12.2 Å². The van der Waals surface area contributed by atoms with Gasteiger partial charge in [0.1, 0.15) is 17.1 Å². The Hall–Kier alpha value is -2.80. The SMILES string of the molecule is CCN(CC)c1ccc(NC(=S)NC(=O)c2c(OC)cccc2OC)c(C)c1. The number of nitrogens with one attached hydrogen (secondary N) is 2. The minimum atomic E-state index is -0.399. The van der Waals surface area contributed by atoms with E-state index in [0.29, 0.717) is 17.1 Å². The molecule has 2 N–H and O–H groups in total. The van der Waals surface area contributed by atoms with E-state index in [1.165, 1.54) is 14.2 Å². The van der Waals surface area contributed by atoms with E-state index in [0.717, 1.165) is 30.0 Å². The molecule has 0 aliphatic carbocycles. The van der Waals surface area contributed by atoms with Gasteiger partial charge in [-0.05, 0) is 68.9 Å². The summed E-state index contributed by atoms with van der Waals surface area (Å²) in [5, 5.41) is 5.98. The van der Waals surface area contributed by atoms with Gasteiger partial charge in [0.05, 0.1) is 14.2 Å². The van der Waals surface area contributed by atoms with Gasteiger partial charge in [-0.15, -0.1) is 0 Å². The second-order valence-corrected chi connectivity index (χ2v) is 6.53. The minimum Gasteiger partial charge on any atom is -0.496 e. The van der Waals surface area contributed by atoms with Crippen LogP contribution in [0.4, 0.5) is 11.4 Å². The highest BCUT2D eigenvalue weighted by Gasteiger charge is 2.19. The van der Waals surface area contributed by atoms with Crippen molar-refractivity contribution in [1.29, 1.82) is 0 Å². The monoisotopic (exact) mass is 401 g/mol. The molecule has 0 heterocycles. The van der Waals surface area contributed by atoms with Crippen molar-refractivity contribution in [3.63, 3.8) is 0 Å². The van der Waals surface area contributed by atoms with Crippen molar-refractivity contribution in [1.82, 2.24) is 5.32 Å². The number of thiocarbonyl (C=S) groups is 1. The molecule has 2 aromatic rings. The summed E-state index contributed by atoms with van der Waals surface area (Å²) in [6, 6.07) is 11.3. The number of hydrogen-bond acceptors (Lipinski definition) is 5. The molecule has 28 heavy (non-hydrogen) atoms. The first-order chi connectivity index (χ1) is 13.4. The molecule has 0 aromatic heterocycles. The standard InChI is InChI=1S/C21H27N3O3S/c1-6-24(7-2)15-11-12-16(14(3)13-15)22-21(28)23-20(25)19-17(26-4)9-8-10-18(19)27-5/h8-13H,6-7H2,1-5H3,(H2,22,23,25,28). The van der Waals surface area contributed by atoms with Crippen molar-refractivity contribution in [3.05, 3.63) is 47.5 Å². The lowest BCUT2D eigenvalue weighted by Gasteiger charge is -2.22. The Morgan fingerprint density at radius 2 is 1.68 bits per heavy atom. The van der Waals surface area contributed by atoms with Crippen LogP contribution < -0.4 is 25.0 Å². The molecule has 7 heteroatoms. The molecule has 1 amide bonds. The Bertz CT molecular complexity index is 829. The van der Waals surface area contributed by atoms with Gasteiger partial charge in [0.25, 0.3) is 5.91 Å². The minimum absolute atomic E-state index is 0.205. The Balaban J connectivity index is 2.14. The molecule has 0 unspecified atom stereocenters. The van der Waals surface area contributed by atoms with Crippen molar-refractivity contribution in [3.8, 4) is 11.5 Å². The van der Waals surface area contributed by atoms with Gasteiger partial charge in [0.15, 0.2) is 5.11 Å². The number of nitrogens with zero attached hydrogens (tertiary/aromatic N) is 1. The zero-order chi connectivity index (χ0) is 20.7. The Kier molecular flexibility index (Phi) is 7.63. The summed E-state index contributed by atoms with van der Waals surface area (Å²) in [7, 11) is 3.01. The number of ether oxygens (including phenoxy) is 2. The number of carbonyl (C=O) groups excluding carboxylic acids is 1. The van der Waals surface area contributed by atoms with Crippen molar-refractivity contribution in [2.75, 3.05) is 37.5 Å². The van der Waals surface area contributed by atoms with Gasteiger partial charge in [0.2, 0.25) is 0 Å². The van der Waals surface area contributed by atoms with E-state index in [9.17, 15) is 4.79 Å². The molecule has 0 atom stereocenters. The summed E-state index contributed by atoms with van der Waals surface area (Å²) < 4.78 is 10.6. The van der Waals surface area contributed by atoms with Crippen LogP contribution in [0.3, 0.4) is 0 Å².